The van der Waals surface area contributed by atoms with Gasteiger partial charge in [-0.3, -0.25) is 14.3 Å². The minimum atomic E-state index is -0.328. The molecule has 0 spiro atoms. The van der Waals surface area contributed by atoms with Crippen molar-refractivity contribution >= 4 is 23.2 Å². The third-order valence-corrected chi connectivity index (χ3v) is 3.04. The number of carbonyl (C=O) groups excluding carboxylic acids is 2. The molecule has 7 heteroatoms. The Kier molecular flexibility index (Phi) is 4.19. The molecule has 2 aromatic heterocycles. The van der Waals surface area contributed by atoms with Gasteiger partial charge in [-0.25, -0.2) is 0 Å². The van der Waals surface area contributed by atoms with Crippen LogP contribution in [0.2, 0.25) is 0 Å². The molecule has 0 aliphatic heterocycles. The van der Waals surface area contributed by atoms with Crippen LogP contribution in [0.25, 0.3) is 0 Å². The van der Waals surface area contributed by atoms with E-state index in [4.69, 9.17) is 4.42 Å². The summed E-state index contributed by atoms with van der Waals surface area (Å²) in [7, 11) is 0. The molecule has 7 nitrogen and oxygen atoms in total. The van der Waals surface area contributed by atoms with E-state index < -0.39 is 0 Å². The van der Waals surface area contributed by atoms with E-state index in [9.17, 15) is 9.59 Å². The number of anilines is 2. The Balaban J connectivity index is 1.56. The molecular formula is C16H14N4O3. The van der Waals surface area contributed by atoms with E-state index in [0.717, 1.165) is 0 Å². The molecule has 2 amide bonds. The molecule has 116 valence electrons. The summed E-state index contributed by atoms with van der Waals surface area (Å²) in [5, 5.41) is 9.43. The standard InChI is InChI=1S/C16H14N4O3/c21-15(11-20-9-2-8-17-20)18-12-4-6-13(7-5-12)19-16(22)14-3-1-10-23-14/h1-10H,11H2,(H,18,21)(H,19,22). The summed E-state index contributed by atoms with van der Waals surface area (Å²) in [6, 6.07) is 11.8. The minimum absolute atomic E-state index is 0.143. The third-order valence-electron chi connectivity index (χ3n) is 3.04. The number of rotatable bonds is 5. The number of hydrogen-bond acceptors (Lipinski definition) is 4. The molecule has 0 aliphatic carbocycles. The average molecular weight is 310 g/mol. The fraction of sp³-hybridized carbons (Fsp3) is 0.0625. The van der Waals surface area contributed by atoms with Crippen LogP contribution in [-0.4, -0.2) is 21.6 Å². The van der Waals surface area contributed by atoms with Crippen LogP contribution in [0.4, 0.5) is 11.4 Å². The lowest BCUT2D eigenvalue weighted by Crippen LogP contribution is -2.19. The van der Waals surface area contributed by atoms with Crippen molar-refractivity contribution in [2.24, 2.45) is 0 Å². The molecule has 0 saturated heterocycles. The van der Waals surface area contributed by atoms with Gasteiger partial charge < -0.3 is 15.1 Å². The first kappa shape index (κ1) is 14.6. The lowest BCUT2D eigenvalue weighted by molar-refractivity contribution is -0.116. The van der Waals surface area contributed by atoms with Crippen LogP contribution in [0.3, 0.4) is 0 Å². The zero-order valence-corrected chi connectivity index (χ0v) is 12.1. The predicted octanol–water partition coefficient (Wildman–Crippen LogP) is 2.37. The number of aromatic nitrogens is 2. The van der Waals surface area contributed by atoms with Crippen LogP contribution in [0.1, 0.15) is 10.6 Å². The van der Waals surface area contributed by atoms with Crippen molar-refractivity contribution < 1.29 is 14.0 Å². The molecular weight excluding hydrogens is 296 g/mol. The van der Waals surface area contributed by atoms with E-state index in [-0.39, 0.29) is 24.1 Å². The molecule has 0 radical (unpaired) electrons. The van der Waals surface area contributed by atoms with E-state index >= 15 is 0 Å². The highest BCUT2D eigenvalue weighted by Crippen LogP contribution is 2.15. The van der Waals surface area contributed by atoms with Gasteiger partial charge in [-0.2, -0.15) is 5.10 Å². The molecule has 0 bridgehead atoms. The molecule has 3 rings (SSSR count). The van der Waals surface area contributed by atoms with Crippen molar-refractivity contribution in [3.8, 4) is 0 Å². The average Bonchev–Trinajstić information content (AvgIpc) is 3.22. The molecule has 1 aromatic carbocycles. The first-order valence-corrected chi connectivity index (χ1v) is 6.93. The molecule has 0 aliphatic rings. The zero-order valence-electron chi connectivity index (χ0n) is 12.1. The van der Waals surface area contributed by atoms with Crippen LogP contribution < -0.4 is 10.6 Å². The quantitative estimate of drug-likeness (QED) is 0.757. The van der Waals surface area contributed by atoms with Crippen LogP contribution in [0.5, 0.6) is 0 Å². The minimum Gasteiger partial charge on any atom is -0.459 e. The van der Waals surface area contributed by atoms with Gasteiger partial charge in [-0.05, 0) is 42.5 Å². The Hall–Kier alpha value is -3.35. The van der Waals surface area contributed by atoms with E-state index in [2.05, 4.69) is 15.7 Å². The summed E-state index contributed by atoms with van der Waals surface area (Å²) in [5.41, 5.74) is 1.25. The lowest BCUT2D eigenvalue weighted by atomic mass is 10.2. The van der Waals surface area contributed by atoms with Gasteiger partial charge in [-0.1, -0.05) is 0 Å². The third kappa shape index (κ3) is 3.85. The van der Waals surface area contributed by atoms with E-state index in [1.54, 1.807) is 54.9 Å². The monoisotopic (exact) mass is 310 g/mol. The second-order valence-corrected chi connectivity index (χ2v) is 4.76. The summed E-state index contributed by atoms with van der Waals surface area (Å²) in [6.07, 6.45) is 4.77. The van der Waals surface area contributed by atoms with Gasteiger partial charge >= 0.3 is 0 Å². The number of nitrogens with zero attached hydrogens (tertiary/aromatic N) is 2. The number of amides is 2. The van der Waals surface area contributed by atoms with Crippen molar-refractivity contribution in [2.75, 3.05) is 10.6 Å². The molecule has 0 atom stereocenters. The summed E-state index contributed by atoms with van der Waals surface area (Å²) in [5.74, 6) is -0.270. The Morgan fingerprint density at radius 2 is 1.78 bits per heavy atom. The number of carbonyl (C=O) groups is 2. The van der Waals surface area contributed by atoms with Gasteiger partial charge in [-0.15, -0.1) is 0 Å². The second kappa shape index (κ2) is 6.61. The smallest absolute Gasteiger partial charge is 0.291 e. The molecule has 3 aromatic rings. The maximum atomic E-state index is 11.8. The number of hydrogen-bond donors (Lipinski definition) is 2. The van der Waals surface area contributed by atoms with Crippen LogP contribution in [0.15, 0.2) is 65.5 Å². The Bertz CT molecular complexity index is 777. The normalized spacial score (nSPS) is 10.3. The Morgan fingerprint density at radius 1 is 1.04 bits per heavy atom. The molecule has 2 N–H and O–H groups in total. The Morgan fingerprint density at radius 3 is 2.39 bits per heavy atom. The molecule has 0 saturated carbocycles. The summed E-state index contributed by atoms with van der Waals surface area (Å²) in [4.78, 5) is 23.7. The Labute approximate surface area is 131 Å². The van der Waals surface area contributed by atoms with Crippen molar-refractivity contribution in [1.29, 1.82) is 0 Å². The van der Waals surface area contributed by atoms with Gasteiger partial charge in [0.25, 0.3) is 5.91 Å². The van der Waals surface area contributed by atoms with Gasteiger partial charge in [0.2, 0.25) is 5.91 Å². The van der Waals surface area contributed by atoms with Crippen LogP contribution in [-0.2, 0) is 11.3 Å². The van der Waals surface area contributed by atoms with Gasteiger partial charge in [0.1, 0.15) is 6.54 Å². The van der Waals surface area contributed by atoms with Gasteiger partial charge in [0.05, 0.1) is 6.26 Å². The second-order valence-electron chi connectivity index (χ2n) is 4.76. The summed E-state index contributed by atoms with van der Waals surface area (Å²) >= 11 is 0. The van der Waals surface area contributed by atoms with Gasteiger partial charge in [0, 0.05) is 23.8 Å². The van der Waals surface area contributed by atoms with Crippen LogP contribution in [0, 0.1) is 0 Å². The highest BCUT2D eigenvalue weighted by atomic mass is 16.3. The van der Waals surface area contributed by atoms with Crippen LogP contribution >= 0.6 is 0 Å². The fourth-order valence-electron chi connectivity index (χ4n) is 1.98. The summed E-state index contributed by atoms with van der Waals surface area (Å²) in [6.45, 7) is 0.143. The topological polar surface area (TPSA) is 89.2 Å². The highest BCUT2D eigenvalue weighted by Gasteiger charge is 2.09. The maximum absolute atomic E-state index is 11.8. The zero-order chi connectivity index (χ0) is 16.1. The molecule has 0 fully saturated rings. The van der Waals surface area contributed by atoms with Crippen molar-refractivity contribution in [2.45, 2.75) is 6.54 Å². The first-order valence-electron chi connectivity index (χ1n) is 6.93. The lowest BCUT2D eigenvalue weighted by Gasteiger charge is -2.07. The van der Waals surface area contributed by atoms with Crippen molar-refractivity contribution in [3.63, 3.8) is 0 Å². The number of furan rings is 1. The molecule has 0 unspecified atom stereocenters. The summed E-state index contributed by atoms with van der Waals surface area (Å²) < 4.78 is 6.55. The highest BCUT2D eigenvalue weighted by molar-refractivity contribution is 6.02. The fourth-order valence-corrected chi connectivity index (χ4v) is 1.98. The van der Waals surface area contributed by atoms with E-state index in [0.29, 0.717) is 11.4 Å². The maximum Gasteiger partial charge on any atom is 0.291 e. The number of nitrogens with one attached hydrogen (secondary N) is 2. The van der Waals surface area contributed by atoms with E-state index in [1.807, 2.05) is 0 Å². The number of benzene rings is 1. The van der Waals surface area contributed by atoms with E-state index in [1.165, 1.54) is 10.9 Å². The predicted molar refractivity (Wildman–Crippen MR) is 84.0 cm³/mol. The molecule has 23 heavy (non-hydrogen) atoms. The van der Waals surface area contributed by atoms with Crippen molar-refractivity contribution in [1.82, 2.24) is 9.78 Å². The SMILES string of the molecule is O=C(Cn1cccn1)Nc1ccc(NC(=O)c2ccco2)cc1. The largest absolute Gasteiger partial charge is 0.459 e. The van der Waals surface area contributed by atoms with Crippen molar-refractivity contribution in [3.05, 3.63) is 66.9 Å². The first-order chi connectivity index (χ1) is 11.2. The van der Waals surface area contributed by atoms with Gasteiger partial charge in [0.15, 0.2) is 5.76 Å². The molecule has 2 heterocycles.